The van der Waals surface area contributed by atoms with Gasteiger partial charge in [-0.1, -0.05) is 0 Å². The molecule has 0 N–H and O–H groups in total. The Labute approximate surface area is 108 Å². The first-order valence-corrected chi connectivity index (χ1v) is 6.29. The number of carbonyl (C=O) groups is 1. The summed E-state index contributed by atoms with van der Waals surface area (Å²) >= 11 is 0. The third kappa shape index (κ3) is 3.03. The summed E-state index contributed by atoms with van der Waals surface area (Å²) < 4.78 is 7.34. The van der Waals surface area contributed by atoms with Crippen LogP contribution in [-0.4, -0.2) is 39.2 Å². The zero-order chi connectivity index (χ0) is 13.3. The molecule has 2 rings (SSSR count). The maximum atomic E-state index is 11.7. The van der Waals surface area contributed by atoms with Crippen molar-refractivity contribution in [1.29, 1.82) is 0 Å². The fraction of sp³-hybridized carbons (Fsp3) is 0.692. The van der Waals surface area contributed by atoms with Crippen LogP contribution < -0.4 is 0 Å². The van der Waals surface area contributed by atoms with Crippen LogP contribution in [0.15, 0.2) is 12.4 Å². The molecule has 1 amide bonds. The number of hydrogen-bond acceptors (Lipinski definition) is 3. The average Bonchev–Trinajstić information content (AvgIpc) is 2.54. The topological polar surface area (TPSA) is 47.4 Å². The number of rotatable bonds is 2. The average molecular weight is 251 g/mol. The van der Waals surface area contributed by atoms with Gasteiger partial charge in [-0.3, -0.25) is 0 Å². The Kier molecular flexibility index (Phi) is 3.32. The van der Waals surface area contributed by atoms with Crippen LogP contribution in [0.2, 0.25) is 0 Å². The van der Waals surface area contributed by atoms with Gasteiger partial charge in [0.25, 0.3) is 0 Å². The van der Waals surface area contributed by atoms with Crippen LogP contribution >= 0.6 is 0 Å². The minimum atomic E-state index is -0.415. The molecule has 0 bridgehead atoms. The van der Waals surface area contributed by atoms with Gasteiger partial charge in [-0.15, -0.1) is 0 Å². The van der Waals surface area contributed by atoms with Crippen LogP contribution in [0.25, 0.3) is 0 Å². The van der Waals surface area contributed by atoms with Crippen molar-refractivity contribution in [3.05, 3.63) is 18.2 Å². The lowest BCUT2D eigenvalue weighted by Crippen LogP contribution is -2.52. The lowest BCUT2D eigenvalue weighted by molar-refractivity contribution is -0.00121. The number of amides is 1. The summed E-state index contributed by atoms with van der Waals surface area (Å²) in [6, 6.07) is 0. The summed E-state index contributed by atoms with van der Waals surface area (Å²) in [5.41, 5.74) is -0.415. The third-order valence-electron chi connectivity index (χ3n) is 3.00. The van der Waals surface area contributed by atoms with E-state index >= 15 is 0 Å². The Bertz CT molecular complexity index is 428. The molecule has 0 saturated carbocycles. The number of imidazole rings is 1. The molecule has 0 aromatic carbocycles. The van der Waals surface area contributed by atoms with Gasteiger partial charge < -0.3 is 14.2 Å². The Hall–Kier alpha value is -1.52. The molecule has 18 heavy (non-hydrogen) atoms. The molecule has 1 aromatic heterocycles. The lowest BCUT2D eigenvalue weighted by Gasteiger charge is -2.39. The molecule has 0 atom stereocenters. The van der Waals surface area contributed by atoms with Gasteiger partial charge in [-0.25, -0.2) is 9.78 Å². The molecule has 100 valence electrons. The summed E-state index contributed by atoms with van der Waals surface area (Å²) in [5.74, 6) is 1.57. The third-order valence-corrected chi connectivity index (χ3v) is 3.00. The number of nitrogens with zero attached hydrogens (tertiary/aromatic N) is 3. The van der Waals surface area contributed by atoms with Crippen LogP contribution in [0, 0.1) is 5.92 Å². The van der Waals surface area contributed by atoms with E-state index in [9.17, 15) is 4.79 Å². The predicted molar refractivity (Wildman–Crippen MR) is 68.2 cm³/mol. The summed E-state index contributed by atoms with van der Waals surface area (Å²) in [5, 5.41) is 0. The highest BCUT2D eigenvalue weighted by molar-refractivity contribution is 5.69. The van der Waals surface area contributed by atoms with Crippen LogP contribution in [0.1, 0.15) is 26.6 Å². The highest BCUT2D eigenvalue weighted by Gasteiger charge is 2.34. The predicted octanol–water partition coefficient (Wildman–Crippen LogP) is 1.83. The summed E-state index contributed by atoms with van der Waals surface area (Å²) in [6.45, 7) is 7.19. The van der Waals surface area contributed by atoms with E-state index in [-0.39, 0.29) is 6.09 Å². The first-order chi connectivity index (χ1) is 8.35. The first kappa shape index (κ1) is 12.9. The summed E-state index contributed by atoms with van der Waals surface area (Å²) in [7, 11) is 1.99. The lowest BCUT2D eigenvalue weighted by atomic mass is 9.96. The van der Waals surface area contributed by atoms with Crippen molar-refractivity contribution < 1.29 is 9.53 Å². The molecule has 1 saturated heterocycles. The minimum Gasteiger partial charge on any atom is -0.444 e. The molecule has 0 unspecified atom stereocenters. The molecule has 2 heterocycles. The van der Waals surface area contributed by atoms with Gasteiger partial charge in [0, 0.05) is 44.9 Å². The second-order valence-corrected chi connectivity index (χ2v) is 5.91. The van der Waals surface area contributed by atoms with Crippen LogP contribution in [0.4, 0.5) is 4.79 Å². The summed E-state index contributed by atoms with van der Waals surface area (Å²) in [4.78, 5) is 17.8. The molecule has 1 aliphatic rings. The van der Waals surface area contributed by atoms with Crippen LogP contribution in [-0.2, 0) is 18.2 Å². The van der Waals surface area contributed by atoms with E-state index in [4.69, 9.17) is 4.74 Å². The number of likely N-dealkylation sites (tertiary alicyclic amines) is 1. The number of ether oxygens (including phenoxy) is 1. The van der Waals surface area contributed by atoms with Gasteiger partial charge in [0.1, 0.15) is 11.4 Å². The molecule has 1 aliphatic heterocycles. The monoisotopic (exact) mass is 251 g/mol. The van der Waals surface area contributed by atoms with E-state index in [0.29, 0.717) is 5.92 Å². The Morgan fingerprint density at radius 2 is 2.17 bits per heavy atom. The molecule has 1 fully saturated rings. The molecule has 0 radical (unpaired) electrons. The van der Waals surface area contributed by atoms with E-state index in [2.05, 4.69) is 4.98 Å². The fourth-order valence-corrected chi connectivity index (χ4v) is 2.03. The van der Waals surface area contributed by atoms with Gasteiger partial charge in [0.2, 0.25) is 0 Å². The molecular formula is C13H21N3O2. The highest BCUT2D eigenvalue weighted by Crippen LogP contribution is 2.22. The molecule has 5 heteroatoms. The second-order valence-electron chi connectivity index (χ2n) is 5.91. The van der Waals surface area contributed by atoms with Crippen molar-refractivity contribution in [1.82, 2.24) is 14.5 Å². The van der Waals surface area contributed by atoms with Crippen molar-refractivity contribution in [2.24, 2.45) is 13.0 Å². The van der Waals surface area contributed by atoms with Crippen LogP contribution in [0.5, 0.6) is 0 Å². The van der Waals surface area contributed by atoms with Crippen molar-refractivity contribution in [2.45, 2.75) is 32.8 Å². The normalized spacial score (nSPS) is 16.6. The number of aromatic nitrogens is 2. The van der Waals surface area contributed by atoms with E-state index < -0.39 is 5.60 Å². The van der Waals surface area contributed by atoms with Gasteiger partial charge in [-0.2, -0.15) is 0 Å². The Morgan fingerprint density at radius 1 is 1.50 bits per heavy atom. The Balaban J connectivity index is 1.77. The zero-order valence-corrected chi connectivity index (χ0v) is 11.5. The fourth-order valence-electron chi connectivity index (χ4n) is 2.03. The Morgan fingerprint density at radius 3 is 2.67 bits per heavy atom. The van der Waals surface area contributed by atoms with Gasteiger partial charge >= 0.3 is 6.09 Å². The van der Waals surface area contributed by atoms with Crippen molar-refractivity contribution in [3.8, 4) is 0 Å². The summed E-state index contributed by atoms with van der Waals surface area (Å²) in [6.07, 6.45) is 4.46. The molecule has 0 aliphatic carbocycles. The zero-order valence-electron chi connectivity index (χ0n) is 11.5. The van der Waals surface area contributed by atoms with Gasteiger partial charge in [0.05, 0.1) is 0 Å². The highest BCUT2D eigenvalue weighted by atomic mass is 16.6. The maximum Gasteiger partial charge on any atom is 0.410 e. The van der Waals surface area contributed by atoms with Gasteiger partial charge in [0.15, 0.2) is 0 Å². The largest absolute Gasteiger partial charge is 0.444 e. The van der Waals surface area contributed by atoms with E-state index in [0.717, 1.165) is 25.3 Å². The number of carbonyl (C=O) groups excluding carboxylic acids is 1. The van der Waals surface area contributed by atoms with Crippen molar-refractivity contribution in [2.75, 3.05) is 13.1 Å². The van der Waals surface area contributed by atoms with Crippen LogP contribution in [0.3, 0.4) is 0 Å². The maximum absolute atomic E-state index is 11.7. The number of hydrogen-bond donors (Lipinski definition) is 0. The minimum absolute atomic E-state index is 0.210. The van der Waals surface area contributed by atoms with E-state index in [1.54, 1.807) is 11.1 Å². The quantitative estimate of drug-likeness (QED) is 0.805. The first-order valence-electron chi connectivity index (χ1n) is 6.29. The number of aryl methyl sites for hydroxylation is 1. The van der Waals surface area contributed by atoms with Crippen molar-refractivity contribution >= 4 is 6.09 Å². The smallest absolute Gasteiger partial charge is 0.410 e. The molecular weight excluding hydrogens is 230 g/mol. The van der Waals surface area contributed by atoms with E-state index in [1.807, 2.05) is 38.6 Å². The molecule has 0 spiro atoms. The second kappa shape index (κ2) is 4.63. The standard InChI is InChI=1S/C13H21N3O2/c1-13(2,3)18-12(17)16-8-10(9-16)7-11-14-5-6-15(11)4/h5-6,10H,7-9H2,1-4H3. The van der Waals surface area contributed by atoms with E-state index in [1.165, 1.54) is 0 Å². The molecule has 1 aromatic rings. The van der Waals surface area contributed by atoms with Gasteiger partial charge in [-0.05, 0) is 20.8 Å². The SMILES string of the molecule is Cn1ccnc1CC1CN(C(=O)OC(C)(C)C)C1. The van der Waals surface area contributed by atoms with Crippen molar-refractivity contribution in [3.63, 3.8) is 0 Å². The molecule has 5 nitrogen and oxygen atoms in total.